The molecule has 0 N–H and O–H groups in total. The van der Waals surface area contributed by atoms with E-state index in [4.69, 9.17) is 4.98 Å². The van der Waals surface area contributed by atoms with E-state index in [1.54, 1.807) is 11.3 Å². The van der Waals surface area contributed by atoms with Crippen LogP contribution >= 0.6 is 11.3 Å². The van der Waals surface area contributed by atoms with Gasteiger partial charge in [0.05, 0.1) is 5.51 Å². The average Bonchev–Trinajstić information content (AvgIpc) is 3.29. The van der Waals surface area contributed by atoms with E-state index in [-0.39, 0.29) is 20.1 Å². The molecule has 1 heterocycles. The number of fused-ring (bicyclic) bond motifs is 6. The average molecular weight is 635 g/mol. The van der Waals surface area contributed by atoms with Crippen molar-refractivity contribution in [3.8, 4) is 22.3 Å². The monoisotopic (exact) mass is 635 g/mol. The molecule has 0 atom stereocenters. The van der Waals surface area contributed by atoms with Gasteiger partial charge in [-0.25, -0.2) is 0 Å². The smallest absolute Gasteiger partial charge is 0.0683 e. The molecule has 0 saturated heterocycles. The van der Waals surface area contributed by atoms with Crippen molar-refractivity contribution in [1.29, 1.82) is 0 Å². The Hall–Kier alpha value is -2.84. The van der Waals surface area contributed by atoms with Crippen LogP contribution in [0.25, 0.3) is 54.0 Å². The molecule has 5 aromatic carbocycles. The van der Waals surface area contributed by atoms with Crippen LogP contribution in [0.2, 0.25) is 0 Å². The number of benzene rings is 5. The largest absolute Gasteiger partial charge is 0.293 e. The summed E-state index contributed by atoms with van der Waals surface area (Å²) in [4.78, 5) is 4.76. The first-order valence-corrected chi connectivity index (χ1v) is 12.2. The zero-order valence-corrected chi connectivity index (χ0v) is 22.8. The molecular weight excluding hydrogens is 611 g/mol. The van der Waals surface area contributed by atoms with E-state index in [1.165, 1.54) is 65.4 Å². The molecule has 6 rings (SSSR count). The first kappa shape index (κ1) is 22.9. The molecule has 0 bridgehead atoms. The topological polar surface area (TPSA) is 12.9 Å². The van der Waals surface area contributed by atoms with Crippen LogP contribution in [0.15, 0.2) is 72.2 Å². The van der Waals surface area contributed by atoms with Crippen molar-refractivity contribution in [3.63, 3.8) is 0 Å². The Kier molecular flexibility index (Phi) is 5.90. The van der Waals surface area contributed by atoms with Crippen LogP contribution in [-0.4, -0.2) is 4.98 Å². The van der Waals surface area contributed by atoms with Crippen LogP contribution < -0.4 is 0 Å². The third-order valence-electron chi connectivity index (χ3n) is 6.78. The van der Waals surface area contributed by atoms with E-state index in [9.17, 15) is 0 Å². The van der Waals surface area contributed by atoms with Crippen molar-refractivity contribution in [3.05, 3.63) is 101 Å². The third kappa shape index (κ3) is 3.51. The molecule has 0 fully saturated rings. The maximum atomic E-state index is 4.76. The molecule has 0 aliphatic heterocycles. The molecule has 0 unspecified atom stereocenters. The SMILES string of the molecule is Cc1ccc(-c2cc[c-]c3c4ncsc4c4ccc(-c5c(C)cccc5C)cc4c23)c(C)c1.[Ir]. The van der Waals surface area contributed by atoms with Crippen LogP contribution in [0.5, 0.6) is 0 Å². The Labute approximate surface area is 217 Å². The van der Waals surface area contributed by atoms with Crippen molar-refractivity contribution in [2.24, 2.45) is 0 Å². The van der Waals surface area contributed by atoms with Gasteiger partial charge in [-0.15, -0.1) is 34.9 Å². The Balaban J connectivity index is 0.00000241. The number of nitrogens with zero attached hydrogens (tertiary/aromatic N) is 1. The summed E-state index contributed by atoms with van der Waals surface area (Å²) in [6.07, 6.45) is 0. The van der Waals surface area contributed by atoms with Gasteiger partial charge in [0.2, 0.25) is 0 Å². The molecule has 1 aromatic heterocycles. The van der Waals surface area contributed by atoms with E-state index < -0.39 is 0 Å². The van der Waals surface area contributed by atoms with Gasteiger partial charge >= 0.3 is 0 Å². The molecule has 0 aliphatic carbocycles. The predicted octanol–water partition coefficient (Wildman–Crippen LogP) is 8.97. The number of rotatable bonds is 2. The zero-order valence-electron chi connectivity index (χ0n) is 19.6. The van der Waals surface area contributed by atoms with E-state index in [1.807, 2.05) is 5.51 Å². The number of hydrogen-bond acceptors (Lipinski definition) is 2. The number of hydrogen-bond donors (Lipinski definition) is 0. The summed E-state index contributed by atoms with van der Waals surface area (Å²) in [5.41, 5.74) is 13.3. The summed E-state index contributed by atoms with van der Waals surface area (Å²) in [5.74, 6) is 0. The molecule has 6 aromatic rings. The molecule has 1 nitrogen and oxygen atoms in total. The van der Waals surface area contributed by atoms with Gasteiger partial charge in [0.1, 0.15) is 0 Å². The fourth-order valence-corrected chi connectivity index (χ4v) is 6.13. The molecule has 0 spiro atoms. The first-order valence-electron chi connectivity index (χ1n) is 11.3. The molecule has 0 saturated carbocycles. The van der Waals surface area contributed by atoms with Crippen LogP contribution in [0.1, 0.15) is 22.3 Å². The zero-order chi connectivity index (χ0) is 22.7. The second kappa shape index (κ2) is 8.74. The van der Waals surface area contributed by atoms with Crippen molar-refractivity contribution < 1.29 is 20.1 Å². The molecular formula is C31H24IrNS-. The fourth-order valence-electron chi connectivity index (χ4n) is 5.29. The van der Waals surface area contributed by atoms with Crippen molar-refractivity contribution >= 4 is 43.1 Å². The van der Waals surface area contributed by atoms with Gasteiger partial charge in [0, 0.05) is 30.3 Å². The molecule has 34 heavy (non-hydrogen) atoms. The Morgan fingerprint density at radius 1 is 0.765 bits per heavy atom. The molecule has 0 amide bonds. The van der Waals surface area contributed by atoms with Gasteiger partial charge in [-0.3, -0.25) is 4.98 Å². The quantitative estimate of drug-likeness (QED) is 0.137. The van der Waals surface area contributed by atoms with Gasteiger partial charge in [0.25, 0.3) is 0 Å². The van der Waals surface area contributed by atoms with Crippen LogP contribution in [-0.2, 0) is 20.1 Å². The van der Waals surface area contributed by atoms with Gasteiger partial charge in [-0.2, -0.15) is 0 Å². The minimum atomic E-state index is 0. The van der Waals surface area contributed by atoms with Crippen LogP contribution in [0, 0.1) is 33.8 Å². The summed E-state index contributed by atoms with van der Waals surface area (Å²) < 4.78 is 1.24. The number of aromatic nitrogens is 1. The Bertz CT molecular complexity index is 1690. The number of aryl methyl sites for hydroxylation is 4. The predicted molar refractivity (Wildman–Crippen MR) is 143 cm³/mol. The maximum absolute atomic E-state index is 4.76. The summed E-state index contributed by atoms with van der Waals surface area (Å²) in [6, 6.07) is 28.0. The van der Waals surface area contributed by atoms with Crippen molar-refractivity contribution in [1.82, 2.24) is 4.98 Å². The molecule has 169 valence electrons. The Morgan fingerprint density at radius 3 is 2.32 bits per heavy atom. The van der Waals surface area contributed by atoms with Gasteiger partial charge in [-0.1, -0.05) is 76.5 Å². The normalized spacial score (nSPS) is 11.3. The van der Waals surface area contributed by atoms with Gasteiger partial charge in [-0.05, 0) is 66.5 Å². The molecule has 1 radical (unpaired) electrons. The fraction of sp³-hybridized carbons (Fsp3) is 0.129. The standard InChI is InChI=1S/C31H24NS.Ir/c1-18-11-13-23(21(4)15-18)24-9-6-10-26-29(24)27-16-22(28-19(2)7-5-8-20(28)3)12-14-25(27)31-30(26)32-17-33-31;/h5-9,11-17H,1-4H3;/q-1;. The van der Waals surface area contributed by atoms with Gasteiger partial charge in [0.15, 0.2) is 0 Å². The second-order valence-electron chi connectivity index (χ2n) is 9.02. The summed E-state index contributed by atoms with van der Waals surface area (Å²) in [7, 11) is 0. The summed E-state index contributed by atoms with van der Waals surface area (Å²) >= 11 is 1.72. The maximum Gasteiger partial charge on any atom is 0.0683 e. The van der Waals surface area contributed by atoms with Crippen molar-refractivity contribution in [2.75, 3.05) is 0 Å². The number of thiazole rings is 1. The van der Waals surface area contributed by atoms with E-state index in [2.05, 4.69) is 100 Å². The molecule has 0 aliphatic rings. The first-order chi connectivity index (χ1) is 16.0. The van der Waals surface area contributed by atoms with E-state index in [0.717, 1.165) is 10.9 Å². The second-order valence-corrected chi connectivity index (χ2v) is 9.87. The van der Waals surface area contributed by atoms with Crippen molar-refractivity contribution in [2.45, 2.75) is 27.7 Å². The summed E-state index contributed by atoms with van der Waals surface area (Å²) in [6.45, 7) is 8.76. The van der Waals surface area contributed by atoms with E-state index >= 15 is 0 Å². The minimum absolute atomic E-state index is 0. The molecule has 3 heteroatoms. The summed E-state index contributed by atoms with van der Waals surface area (Å²) in [5, 5.41) is 4.88. The van der Waals surface area contributed by atoms with Crippen LogP contribution in [0.4, 0.5) is 0 Å². The third-order valence-corrected chi connectivity index (χ3v) is 7.64. The van der Waals surface area contributed by atoms with Gasteiger partial charge < -0.3 is 0 Å². The van der Waals surface area contributed by atoms with Crippen LogP contribution in [0.3, 0.4) is 0 Å². The van der Waals surface area contributed by atoms with E-state index in [0.29, 0.717) is 0 Å². The minimum Gasteiger partial charge on any atom is -0.293 e. The Morgan fingerprint density at radius 2 is 1.56 bits per heavy atom.